The zero-order valence-electron chi connectivity index (χ0n) is 10.6. The van der Waals surface area contributed by atoms with Crippen LogP contribution in [0, 0.1) is 0 Å². The summed E-state index contributed by atoms with van der Waals surface area (Å²) in [4.78, 5) is 4.45. The molecule has 1 saturated carbocycles. The molecule has 1 aromatic heterocycles. The second kappa shape index (κ2) is 3.84. The molecule has 0 aromatic carbocycles. The van der Waals surface area contributed by atoms with Gasteiger partial charge in [-0.05, 0) is 33.6 Å². The fourth-order valence-corrected chi connectivity index (χ4v) is 1.56. The fourth-order valence-electron chi connectivity index (χ4n) is 1.56. The van der Waals surface area contributed by atoms with E-state index >= 15 is 0 Å². The molecule has 0 aliphatic heterocycles. The number of aromatic nitrogens is 2. The average molecular weight is 223 g/mol. The molecule has 4 nitrogen and oxygen atoms in total. The Labute approximate surface area is 96.8 Å². The largest absolute Gasteiger partial charge is 0.339 e. The third-order valence-corrected chi connectivity index (χ3v) is 3.00. The van der Waals surface area contributed by atoms with E-state index in [0.717, 1.165) is 24.7 Å². The Bertz CT molecular complexity index is 361. The van der Waals surface area contributed by atoms with Crippen molar-refractivity contribution in [2.24, 2.45) is 0 Å². The molecule has 0 saturated heterocycles. The number of hydrogen-bond acceptors (Lipinski definition) is 4. The summed E-state index contributed by atoms with van der Waals surface area (Å²) in [7, 11) is 0. The smallest absolute Gasteiger partial charge is 0.227 e. The van der Waals surface area contributed by atoms with Gasteiger partial charge in [-0.3, -0.25) is 0 Å². The van der Waals surface area contributed by atoms with E-state index in [1.165, 1.54) is 12.8 Å². The van der Waals surface area contributed by atoms with Gasteiger partial charge in [0.15, 0.2) is 5.82 Å². The van der Waals surface area contributed by atoms with Gasteiger partial charge in [0.25, 0.3) is 0 Å². The minimum absolute atomic E-state index is 0.144. The summed E-state index contributed by atoms with van der Waals surface area (Å²) in [6.07, 6.45) is 3.18. The minimum atomic E-state index is 0.144. The first kappa shape index (κ1) is 11.6. The van der Waals surface area contributed by atoms with Crippen LogP contribution >= 0.6 is 0 Å². The van der Waals surface area contributed by atoms with Crippen molar-refractivity contribution in [3.63, 3.8) is 0 Å². The highest BCUT2D eigenvalue weighted by Crippen LogP contribution is 2.45. The predicted octanol–water partition coefficient (Wildman–Crippen LogP) is 2.05. The lowest BCUT2D eigenvalue weighted by atomic mass is 10.1. The van der Waals surface area contributed by atoms with Gasteiger partial charge in [0.1, 0.15) is 0 Å². The molecule has 1 N–H and O–H groups in total. The zero-order valence-corrected chi connectivity index (χ0v) is 10.6. The summed E-state index contributed by atoms with van der Waals surface area (Å²) in [6, 6.07) is 0. The van der Waals surface area contributed by atoms with Gasteiger partial charge in [-0.2, -0.15) is 4.98 Å². The monoisotopic (exact) mass is 223 g/mol. The third-order valence-electron chi connectivity index (χ3n) is 3.00. The maximum absolute atomic E-state index is 5.24. The molecule has 1 aliphatic carbocycles. The molecule has 0 bridgehead atoms. The molecule has 0 amide bonds. The van der Waals surface area contributed by atoms with Crippen LogP contribution in [0.15, 0.2) is 4.52 Å². The first-order valence-electron chi connectivity index (χ1n) is 5.97. The molecule has 16 heavy (non-hydrogen) atoms. The molecule has 2 rings (SSSR count). The molecular weight excluding hydrogens is 202 g/mol. The molecule has 90 valence electrons. The van der Waals surface area contributed by atoms with Gasteiger partial charge in [0.05, 0.1) is 0 Å². The lowest BCUT2D eigenvalue weighted by Gasteiger charge is -2.19. The minimum Gasteiger partial charge on any atom is -0.339 e. The topological polar surface area (TPSA) is 51.0 Å². The van der Waals surface area contributed by atoms with Crippen molar-refractivity contribution in [3.8, 4) is 0 Å². The van der Waals surface area contributed by atoms with E-state index in [0.29, 0.717) is 0 Å². The fraction of sp³-hybridized carbons (Fsp3) is 0.833. The molecule has 0 atom stereocenters. The van der Waals surface area contributed by atoms with Crippen LogP contribution in [0.4, 0.5) is 0 Å². The molecule has 0 spiro atoms. The van der Waals surface area contributed by atoms with Gasteiger partial charge in [-0.15, -0.1) is 0 Å². The first-order valence-corrected chi connectivity index (χ1v) is 5.97. The van der Waals surface area contributed by atoms with E-state index in [1.807, 2.05) is 0 Å². The second-order valence-electron chi connectivity index (χ2n) is 6.00. The maximum Gasteiger partial charge on any atom is 0.227 e. The Morgan fingerprint density at radius 3 is 2.62 bits per heavy atom. The van der Waals surface area contributed by atoms with Gasteiger partial charge in [0.2, 0.25) is 5.89 Å². The van der Waals surface area contributed by atoms with Gasteiger partial charge in [0, 0.05) is 23.9 Å². The normalized spacial score (nSPS) is 18.8. The van der Waals surface area contributed by atoms with Crippen LogP contribution in [0.3, 0.4) is 0 Å². The SMILES string of the molecule is CC(C)(C)NCCc1nc(C2(C)CC2)no1. The van der Waals surface area contributed by atoms with Crippen molar-refractivity contribution >= 4 is 0 Å². The number of hydrogen-bond donors (Lipinski definition) is 1. The van der Waals surface area contributed by atoms with E-state index in [9.17, 15) is 0 Å². The summed E-state index contributed by atoms with van der Waals surface area (Å²) in [5.74, 6) is 1.64. The summed E-state index contributed by atoms with van der Waals surface area (Å²) in [6.45, 7) is 9.52. The van der Waals surface area contributed by atoms with Gasteiger partial charge in [-0.25, -0.2) is 0 Å². The van der Waals surface area contributed by atoms with Crippen molar-refractivity contribution in [1.29, 1.82) is 0 Å². The van der Waals surface area contributed by atoms with E-state index in [-0.39, 0.29) is 11.0 Å². The van der Waals surface area contributed by atoms with Crippen molar-refractivity contribution < 1.29 is 4.52 Å². The van der Waals surface area contributed by atoms with E-state index in [1.54, 1.807) is 0 Å². The van der Waals surface area contributed by atoms with Crippen LogP contribution in [-0.2, 0) is 11.8 Å². The molecule has 1 aliphatic rings. The van der Waals surface area contributed by atoms with E-state index in [4.69, 9.17) is 4.52 Å². The summed E-state index contributed by atoms with van der Waals surface area (Å²) < 4.78 is 5.24. The molecule has 0 radical (unpaired) electrons. The third kappa shape index (κ3) is 2.82. The first-order chi connectivity index (χ1) is 7.39. The zero-order chi connectivity index (χ0) is 11.8. The maximum atomic E-state index is 5.24. The standard InChI is InChI=1S/C12H21N3O/c1-11(2,3)13-8-5-9-14-10(15-16-9)12(4)6-7-12/h13H,5-8H2,1-4H3. The highest BCUT2D eigenvalue weighted by Gasteiger charge is 2.43. The lowest BCUT2D eigenvalue weighted by Crippen LogP contribution is -2.37. The summed E-state index contributed by atoms with van der Waals surface area (Å²) >= 11 is 0. The van der Waals surface area contributed by atoms with Gasteiger partial charge >= 0.3 is 0 Å². The molecule has 4 heteroatoms. The predicted molar refractivity (Wildman–Crippen MR) is 62.3 cm³/mol. The Morgan fingerprint density at radius 1 is 1.38 bits per heavy atom. The highest BCUT2D eigenvalue weighted by molar-refractivity contribution is 5.14. The molecule has 1 fully saturated rings. The Hall–Kier alpha value is -0.900. The van der Waals surface area contributed by atoms with Gasteiger partial charge in [-0.1, -0.05) is 12.1 Å². The summed E-state index contributed by atoms with van der Waals surface area (Å²) in [5, 5.41) is 7.46. The van der Waals surface area contributed by atoms with Crippen molar-refractivity contribution in [2.75, 3.05) is 6.54 Å². The Morgan fingerprint density at radius 2 is 2.06 bits per heavy atom. The van der Waals surface area contributed by atoms with Crippen LogP contribution in [0.1, 0.15) is 52.3 Å². The van der Waals surface area contributed by atoms with Gasteiger partial charge < -0.3 is 9.84 Å². The summed E-state index contributed by atoms with van der Waals surface area (Å²) in [5.41, 5.74) is 0.352. The van der Waals surface area contributed by atoms with Crippen molar-refractivity contribution in [1.82, 2.24) is 15.5 Å². The molecule has 1 aromatic rings. The van der Waals surface area contributed by atoms with E-state index < -0.39 is 0 Å². The average Bonchev–Trinajstić information content (AvgIpc) is 2.75. The second-order valence-corrected chi connectivity index (χ2v) is 6.00. The molecule has 1 heterocycles. The Kier molecular flexibility index (Phi) is 2.78. The van der Waals surface area contributed by atoms with Crippen LogP contribution in [0.25, 0.3) is 0 Å². The molecule has 0 unspecified atom stereocenters. The van der Waals surface area contributed by atoms with Crippen molar-refractivity contribution in [2.45, 2.75) is 57.9 Å². The van der Waals surface area contributed by atoms with Crippen LogP contribution in [0.2, 0.25) is 0 Å². The number of nitrogens with one attached hydrogen (secondary N) is 1. The van der Waals surface area contributed by atoms with Crippen LogP contribution in [0.5, 0.6) is 0 Å². The number of nitrogens with zero attached hydrogens (tertiary/aromatic N) is 2. The molecular formula is C12H21N3O. The quantitative estimate of drug-likeness (QED) is 0.848. The number of rotatable bonds is 4. The van der Waals surface area contributed by atoms with E-state index in [2.05, 4.69) is 43.2 Å². The Balaban J connectivity index is 1.84. The van der Waals surface area contributed by atoms with Crippen LogP contribution < -0.4 is 5.32 Å². The highest BCUT2D eigenvalue weighted by atomic mass is 16.5. The van der Waals surface area contributed by atoms with Crippen molar-refractivity contribution in [3.05, 3.63) is 11.7 Å². The van der Waals surface area contributed by atoms with Crippen LogP contribution in [-0.4, -0.2) is 22.2 Å². The lowest BCUT2D eigenvalue weighted by molar-refractivity contribution is 0.356.